The summed E-state index contributed by atoms with van der Waals surface area (Å²) in [5.74, 6) is 3.29. The lowest BCUT2D eigenvalue weighted by Gasteiger charge is -2.41. The van der Waals surface area contributed by atoms with Crippen LogP contribution in [0.5, 0.6) is 0 Å². The maximum absolute atomic E-state index is 10.4. The zero-order valence-electron chi connectivity index (χ0n) is 27.0. The van der Waals surface area contributed by atoms with Crippen molar-refractivity contribution >= 4 is 10.8 Å². The molecule has 5 heteroatoms. The molecule has 2 aliphatic rings. The standard InChI is InChI=1S/C43H35N5/c1-2-43(24-29-10-11-30(22-29)25-43)36-19-16-32(17-20-36)37-21-18-34(23-35(37)27-45)41-46-40(33-14-12-28(26-44)13-15-33)47-42(48-41)39-9-5-7-31-6-3-4-8-38(31)39/h3-9,12-21,23,29-30H,2,10-11,22,24-25H2,1H3/t29-,30+,43?. The van der Waals surface area contributed by atoms with Crippen LogP contribution in [0.3, 0.4) is 0 Å². The molecule has 3 atom stereocenters. The van der Waals surface area contributed by atoms with Crippen molar-refractivity contribution in [2.45, 2.75) is 50.9 Å². The van der Waals surface area contributed by atoms with Gasteiger partial charge in [0.2, 0.25) is 0 Å². The van der Waals surface area contributed by atoms with Gasteiger partial charge in [-0.15, -0.1) is 0 Å². The summed E-state index contributed by atoms with van der Waals surface area (Å²) in [4.78, 5) is 14.8. The van der Waals surface area contributed by atoms with E-state index in [1.54, 1.807) is 12.1 Å². The van der Waals surface area contributed by atoms with Gasteiger partial charge in [-0.1, -0.05) is 98.6 Å². The summed E-state index contributed by atoms with van der Waals surface area (Å²) < 4.78 is 0. The predicted octanol–water partition coefficient (Wildman–Crippen LogP) is 10.3. The molecule has 8 rings (SSSR count). The SMILES string of the molecule is CCC1(c2ccc(-c3ccc(-c4nc(-c5ccc(C#N)cc5)nc(-c5cccc6ccccc56)n4)cc3C#N)cc2)C[C@@H]2CC[C@@H](C2)C1. The van der Waals surface area contributed by atoms with Crippen LogP contribution in [0.15, 0.2) is 109 Å². The first kappa shape index (κ1) is 29.7. The van der Waals surface area contributed by atoms with E-state index >= 15 is 0 Å². The number of aromatic nitrogens is 3. The Hall–Kier alpha value is -5.65. The Kier molecular flexibility index (Phi) is 7.54. The van der Waals surface area contributed by atoms with Crippen LogP contribution in [-0.2, 0) is 5.41 Å². The highest BCUT2D eigenvalue weighted by Gasteiger charge is 2.43. The van der Waals surface area contributed by atoms with Crippen LogP contribution in [0.2, 0.25) is 0 Å². The van der Waals surface area contributed by atoms with E-state index in [1.807, 2.05) is 54.6 Å². The Morgan fingerprint density at radius 3 is 2.00 bits per heavy atom. The predicted molar refractivity (Wildman–Crippen MR) is 191 cm³/mol. The van der Waals surface area contributed by atoms with Gasteiger partial charge in [-0.2, -0.15) is 10.5 Å². The van der Waals surface area contributed by atoms with Gasteiger partial charge in [0.1, 0.15) is 0 Å². The van der Waals surface area contributed by atoms with E-state index in [9.17, 15) is 10.5 Å². The van der Waals surface area contributed by atoms with Crippen LogP contribution < -0.4 is 0 Å². The Balaban J connectivity index is 1.19. The monoisotopic (exact) mass is 621 g/mol. The third-order valence-corrected chi connectivity index (χ3v) is 10.8. The van der Waals surface area contributed by atoms with Gasteiger partial charge in [0, 0.05) is 16.7 Å². The smallest absolute Gasteiger partial charge is 0.164 e. The van der Waals surface area contributed by atoms with Gasteiger partial charge in [0.05, 0.1) is 23.3 Å². The van der Waals surface area contributed by atoms with E-state index in [0.717, 1.165) is 50.4 Å². The third kappa shape index (κ3) is 5.32. The van der Waals surface area contributed by atoms with Crippen LogP contribution in [-0.4, -0.2) is 15.0 Å². The lowest BCUT2D eigenvalue weighted by Crippen LogP contribution is -2.33. The summed E-state index contributed by atoms with van der Waals surface area (Å²) in [6, 6.07) is 41.1. The molecule has 2 bridgehead atoms. The van der Waals surface area contributed by atoms with Crippen molar-refractivity contribution in [2.24, 2.45) is 11.8 Å². The number of benzene rings is 5. The first-order chi connectivity index (χ1) is 23.6. The second kappa shape index (κ2) is 12.2. The molecule has 1 heterocycles. The normalized spacial score (nSPS) is 19.9. The van der Waals surface area contributed by atoms with Crippen LogP contribution in [0.4, 0.5) is 0 Å². The Labute approximate surface area is 281 Å². The van der Waals surface area contributed by atoms with Crippen molar-refractivity contribution in [2.75, 3.05) is 0 Å². The number of nitrogens with zero attached hydrogens (tertiary/aromatic N) is 5. The van der Waals surface area contributed by atoms with Crippen LogP contribution in [0.25, 0.3) is 56.1 Å². The van der Waals surface area contributed by atoms with E-state index in [0.29, 0.717) is 28.6 Å². The molecule has 6 aromatic rings. The second-order valence-corrected chi connectivity index (χ2v) is 13.6. The molecule has 5 aromatic carbocycles. The number of nitriles is 2. The molecule has 0 radical (unpaired) electrons. The van der Waals surface area contributed by atoms with Crippen molar-refractivity contribution < 1.29 is 0 Å². The van der Waals surface area contributed by atoms with E-state index in [-0.39, 0.29) is 5.41 Å². The highest BCUT2D eigenvalue weighted by atomic mass is 15.0. The van der Waals surface area contributed by atoms with Gasteiger partial charge >= 0.3 is 0 Å². The molecule has 0 spiro atoms. The first-order valence-electron chi connectivity index (χ1n) is 17.0. The van der Waals surface area contributed by atoms with Gasteiger partial charge in [-0.25, -0.2) is 15.0 Å². The minimum atomic E-state index is 0.275. The molecule has 5 nitrogen and oxygen atoms in total. The Morgan fingerprint density at radius 1 is 0.646 bits per heavy atom. The zero-order chi connectivity index (χ0) is 32.7. The molecule has 232 valence electrons. The molecule has 2 saturated carbocycles. The fraction of sp³-hybridized carbons (Fsp3) is 0.233. The summed E-state index contributed by atoms with van der Waals surface area (Å²) in [6.45, 7) is 2.35. The average molecular weight is 622 g/mol. The summed E-state index contributed by atoms with van der Waals surface area (Å²) in [6.07, 6.45) is 7.97. The van der Waals surface area contributed by atoms with Crippen molar-refractivity contribution in [3.8, 4) is 57.4 Å². The summed E-state index contributed by atoms with van der Waals surface area (Å²) >= 11 is 0. The molecule has 0 saturated heterocycles. The fourth-order valence-corrected chi connectivity index (χ4v) is 8.37. The third-order valence-electron chi connectivity index (χ3n) is 10.8. The number of rotatable bonds is 6. The summed E-state index contributed by atoms with van der Waals surface area (Å²) in [5, 5.41) is 21.8. The molecule has 1 aromatic heterocycles. The van der Waals surface area contributed by atoms with Crippen molar-refractivity contribution in [1.29, 1.82) is 10.5 Å². The Morgan fingerprint density at radius 2 is 1.29 bits per heavy atom. The van der Waals surface area contributed by atoms with E-state index in [4.69, 9.17) is 15.0 Å². The Bertz CT molecular complexity index is 2220. The topological polar surface area (TPSA) is 86.2 Å². The highest BCUT2D eigenvalue weighted by Crippen LogP contribution is 2.53. The lowest BCUT2D eigenvalue weighted by molar-refractivity contribution is 0.207. The fourth-order valence-electron chi connectivity index (χ4n) is 8.37. The van der Waals surface area contributed by atoms with Crippen LogP contribution in [0.1, 0.15) is 62.1 Å². The van der Waals surface area contributed by atoms with Crippen molar-refractivity contribution in [3.63, 3.8) is 0 Å². The van der Waals surface area contributed by atoms with Crippen LogP contribution >= 0.6 is 0 Å². The maximum Gasteiger partial charge on any atom is 0.164 e. The number of hydrogen-bond donors (Lipinski definition) is 0. The van der Waals surface area contributed by atoms with Crippen molar-refractivity contribution in [3.05, 3.63) is 126 Å². The molecule has 2 aliphatic carbocycles. The minimum absolute atomic E-state index is 0.275. The van der Waals surface area contributed by atoms with Gasteiger partial charge in [0.15, 0.2) is 17.5 Å². The summed E-state index contributed by atoms with van der Waals surface area (Å²) in [5.41, 5.74) is 7.24. The zero-order valence-corrected chi connectivity index (χ0v) is 27.0. The average Bonchev–Trinajstić information content (AvgIpc) is 3.51. The van der Waals surface area contributed by atoms with E-state index in [1.165, 1.54) is 44.1 Å². The molecular formula is C43H35N5. The quantitative estimate of drug-likeness (QED) is 0.185. The molecule has 0 aliphatic heterocycles. The second-order valence-electron chi connectivity index (χ2n) is 13.6. The molecular weight excluding hydrogens is 587 g/mol. The summed E-state index contributed by atoms with van der Waals surface area (Å²) in [7, 11) is 0. The van der Waals surface area contributed by atoms with Crippen molar-refractivity contribution in [1.82, 2.24) is 15.0 Å². The van der Waals surface area contributed by atoms with Gasteiger partial charge in [-0.05, 0) is 101 Å². The number of hydrogen-bond acceptors (Lipinski definition) is 5. The van der Waals surface area contributed by atoms with Gasteiger partial charge < -0.3 is 0 Å². The maximum atomic E-state index is 10.4. The molecule has 48 heavy (non-hydrogen) atoms. The van der Waals surface area contributed by atoms with Gasteiger partial charge in [-0.3, -0.25) is 0 Å². The molecule has 0 N–H and O–H groups in total. The largest absolute Gasteiger partial charge is 0.208 e. The molecule has 0 amide bonds. The molecule has 1 unspecified atom stereocenters. The highest BCUT2D eigenvalue weighted by molar-refractivity contribution is 5.95. The molecule has 2 fully saturated rings. The first-order valence-corrected chi connectivity index (χ1v) is 17.0. The van der Waals surface area contributed by atoms with E-state index in [2.05, 4.69) is 61.5 Å². The lowest BCUT2D eigenvalue weighted by atomic mass is 9.64. The minimum Gasteiger partial charge on any atom is -0.208 e. The van der Waals surface area contributed by atoms with Gasteiger partial charge in [0.25, 0.3) is 0 Å². The van der Waals surface area contributed by atoms with Crippen LogP contribution in [0, 0.1) is 34.5 Å². The number of fused-ring (bicyclic) bond motifs is 3. The van der Waals surface area contributed by atoms with E-state index < -0.39 is 0 Å².